The molecule has 0 aromatic heterocycles. The van der Waals surface area contributed by atoms with Crippen LogP contribution in [0.4, 0.5) is 5.69 Å². The fraction of sp³-hybridized carbons (Fsp3) is 0.273. The van der Waals surface area contributed by atoms with Crippen LogP contribution in [-0.4, -0.2) is 24.0 Å². The van der Waals surface area contributed by atoms with E-state index in [1.807, 2.05) is 0 Å². The topological polar surface area (TPSA) is 89.6 Å². The number of ether oxygens (including phenoxy) is 1. The molecule has 1 aromatic rings. The van der Waals surface area contributed by atoms with Crippen LogP contribution < -0.4 is 5.73 Å². The average molecular weight is 258 g/mol. The smallest absolute Gasteiger partial charge is 0.305 e. The maximum absolute atomic E-state index is 11.7. The molecule has 0 radical (unpaired) electrons. The first-order valence-electron chi connectivity index (χ1n) is 4.83. The summed E-state index contributed by atoms with van der Waals surface area (Å²) in [4.78, 5) is 22.6. The molecule has 0 aliphatic carbocycles. The van der Waals surface area contributed by atoms with Gasteiger partial charge in [-0.15, -0.1) is 0 Å². The van der Waals surface area contributed by atoms with Crippen molar-refractivity contribution in [1.29, 1.82) is 0 Å². The molecule has 0 saturated carbocycles. The minimum atomic E-state index is -0.493. The molecule has 6 heteroatoms. The van der Waals surface area contributed by atoms with E-state index in [0.29, 0.717) is 0 Å². The van der Waals surface area contributed by atoms with Crippen LogP contribution in [0.3, 0.4) is 0 Å². The van der Waals surface area contributed by atoms with Crippen LogP contribution in [0.2, 0.25) is 5.02 Å². The van der Waals surface area contributed by atoms with E-state index in [-0.39, 0.29) is 34.9 Å². The lowest BCUT2D eigenvalue weighted by Gasteiger charge is -2.06. The SMILES string of the molecule is COC(=O)CCC(=O)c1cc(Cl)cc(N)c1O. The number of phenols is 1. The Bertz CT molecular complexity index is 459. The van der Waals surface area contributed by atoms with E-state index in [9.17, 15) is 14.7 Å². The molecule has 0 saturated heterocycles. The second kappa shape index (κ2) is 5.54. The highest BCUT2D eigenvalue weighted by atomic mass is 35.5. The van der Waals surface area contributed by atoms with E-state index < -0.39 is 11.8 Å². The maximum Gasteiger partial charge on any atom is 0.305 e. The minimum Gasteiger partial charge on any atom is -0.505 e. The zero-order valence-electron chi connectivity index (χ0n) is 9.20. The van der Waals surface area contributed by atoms with E-state index in [1.54, 1.807) is 0 Å². The number of benzene rings is 1. The number of methoxy groups -OCH3 is 1. The van der Waals surface area contributed by atoms with E-state index in [4.69, 9.17) is 17.3 Å². The molecular formula is C11H12ClNO4. The summed E-state index contributed by atoms with van der Waals surface area (Å²) in [6.07, 6.45) is -0.124. The van der Waals surface area contributed by atoms with Gasteiger partial charge in [0.1, 0.15) is 5.75 Å². The molecule has 0 aliphatic heterocycles. The van der Waals surface area contributed by atoms with Crippen molar-refractivity contribution >= 4 is 29.0 Å². The number of carbonyl (C=O) groups excluding carboxylic acids is 2. The van der Waals surface area contributed by atoms with Crippen LogP contribution in [0, 0.1) is 0 Å². The molecule has 92 valence electrons. The number of halogens is 1. The molecule has 17 heavy (non-hydrogen) atoms. The summed E-state index contributed by atoms with van der Waals surface area (Å²) in [6.45, 7) is 0. The number of nitrogens with two attached hydrogens (primary N) is 1. The molecule has 1 aromatic carbocycles. The molecule has 0 aliphatic rings. The molecule has 0 unspecified atom stereocenters. The third kappa shape index (κ3) is 3.35. The summed E-state index contributed by atoms with van der Waals surface area (Å²) in [6, 6.07) is 2.65. The van der Waals surface area contributed by atoms with Crippen LogP contribution in [0.1, 0.15) is 23.2 Å². The molecule has 0 spiro atoms. The monoisotopic (exact) mass is 257 g/mol. The van der Waals surface area contributed by atoms with Gasteiger partial charge in [-0.05, 0) is 12.1 Å². The third-order valence-corrected chi connectivity index (χ3v) is 2.41. The van der Waals surface area contributed by atoms with Gasteiger partial charge < -0.3 is 15.6 Å². The molecule has 0 heterocycles. The third-order valence-electron chi connectivity index (χ3n) is 2.19. The number of nitrogen functional groups attached to an aromatic ring is 1. The van der Waals surface area contributed by atoms with Gasteiger partial charge in [0, 0.05) is 11.4 Å². The maximum atomic E-state index is 11.7. The summed E-state index contributed by atoms with van der Waals surface area (Å²) in [5.41, 5.74) is 5.50. The number of esters is 1. The van der Waals surface area contributed by atoms with Gasteiger partial charge in [0.25, 0.3) is 0 Å². The summed E-state index contributed by atoms with van der Waals surface area (Å²) in [7, 11) is 1.24. The Morgan fingerprint density at radius 1 is 1.41 bits per heavy atom. The number of hydrogen-bond acceptors (Lipinski definition) is 5. The fourth-order valence-electron chi connectivity index (χ4n) is 1.29. The van der Waals surface area contributed by atoms with Gasteiger partial charge in [-0.3, -0.25) is 9.59 Å². The normalized spacial score (nSPS) is 10.0. The van der Waals surface area contributed by atoms with Crippen molar-refractivity contribution in [2.24, 2.45) is 0 Å². The van der Waals surface area contributed by atoms with Crippen LogP contribution >= 0.6 is 11.6 Å². The lowest BCUT2D eigenvalue weighted by Crippen LogP contribution is -2.07. The van der Waals surface area contributed by atoms with Crippen molar-refractivity contribution in [3.8, 4) is 5.75 Å². The van der Waals surface area contributed by atoms with Gasteiger partial charge in [-0.25, -0.2) is 0 Å². The first-order chi connectivity index (χ1) is 7.95. The van der Waals surface area contributed by atoms with Gasteiger partial charge >= 0.3 is 5.97 Å². The van der Waals surface area contributed by atoms with E-state index in [2.05, 4.69) is 4.74 Å². The largest absolute Gasteiger partial charge is 0.505 e. The van der Waals surface area contributed by atoms with Crippen molar-refractivity contribution in [3.63, 3.8) is 0 Å². The second-order valence-electron chi connectivity index (χ2n) is 3.39. The molecule has 1 rings (SSSR count). The predicted octanol–water partition coefficient (Wildman–Crippen LogP) is 1.76. The number of rotatable bonds is 4. The molecule has 3 N–H and O–H groups in total. The zero-order valence-corrected chi connectivity index (χ0v) is 9.95. The summed E-state index contributed by atoms with van der Waals surface area (Å²) < 4.78 is 4.41. The average Bonchev–Trinajstić information content (AvgIpc) is 2.30. The molecule has 0 fully saturated rings. The van der Waals surface area contributed by atoms with E-state index >= 15 is 0 Å². The predicted molar refractivity (Wildman–Crippen MR) is 63.1 cm³/mol. The summed E-state index contributed by atoms with van der Waals surface area (Å²) in [5, 5.41) is 9.85. The molecule has 0 bridgehead atoms. The first-order valence-corrected chi connectivity index (χ1v) is 5.21. The number of anilines is 1. The van der Waals surface area contributed by atoms with Crippen LogP contribution in [0.15, 0.2) is 12.1 Å². The van der Waals surface area contributed by atoms with Gasteiger partial charge in [0.05, 0.1) is 24.8 Å². The minimum absolute atomic E-state index is 0.0129. The van der Waals surface area contributed by atoms with Gasteiger partial charge in [-0.1, -0.05) is 11.6 Å². The Hall–Kier alpha value is -1.75. The van der Waals surface area contributed by atoms with Crippen LogP contribution in [-0.2, 0) is 9.53 Å². The number of Topliss-reactive ketones (excluding diaryl/α,β-unsaturated/α-hetero) is 1. The highest BCUT2D eigenvalue weighted by molar-refractivity contribution is 6.31. The highest BCUT2D eigenvalue weighted by Gasteiger charge is 2.16. The van der Waals surface area contributed by atoms with Crippen LogP contribution in [0.25, 0.3) is 0 Å². The second-order valence-corrected chi connectivity index (χ2v) is 3.83. The molecular weight excluding hydrogens is 246 g/mol. The lowest BCUT2D eigenvalue weighted by atomic mass is 10.0. The summed E-state index contributed by atoms with van der Waals surface area (Å²) >= 11 is 5.72. The van der Waals surface area contributed by atoms with Gasteiger partial charge in [0.2, 0.25) is 0 Å². The van der Waals surface area contributed by atoms with Gasteiger partial charge in [0.15, 0.2) is 5.78 Å². The number of hydrogen-bond donors (Lipinski definition) is 2. The zero-order chi connectivity index (χ0) is 13.0. The Labute approximate surface area is 103 Å². The number of carbonyl (C=O) groups is 2. The van der Waals surface area contributed by atoms with Crippen molar-refractivity contribution in [3.05, 3.63) is 22.7 Å². The molecule has 0 amide bonds. The number of aromatic hydroxyl groups is 1. The Kier molecular flexibility index (Phi) is 4.34. The Morgan fingerprint density at radius 2 is 2.06 bits per heavy atom. The number of phenolic OH excluding ortho intramolecular Hbond substituents is 1. The fourth-order valence-corrected chi connectivity index (χ4v) is 1.51. The number of ketones is 1. The first kappa shape index (κ1) is 13.3. The summed E-state index contributed by atoms with van der Waals surface area (Å²) in [5.74, 6) is -1.22. The standard InChI is InChI=1S/C11H12ClNO4/c1-17-10(15)3-2-9(14)7-4-6(12)5-8(13)11(7)16/h4-5,16H,2-3,13H2,1H3. The van der Waals surface area contributed by atoms with E-state index in [1.165, 1.54) is 19.2 Å². The van der Waals surface area contributed by atoms with Crippen molar-refractivity contribution < 1.29 is 19.4 Å². The van der Waals surface area contributed by atoms with Crippen molar-refractivity contribution in [1.82, 2.24) is 0 Å². The van der Waals surface area contributed by atoms with Crippen LogP contribution in [0.5, 0.6) is 5.75 Å². The highest BCUT2D eigenvalue weighted by Crippen LogP contribution is 2.30. The Morgan fingerprint density at radius 3 is 2.65 bits per heavy atom. The lowest BCUT2D eigenvalue weighted by molar-refractivity contribution is -0.140. The van der Waals surface area contributed by atoms with Crippen molar-refractivity contribution in [2.75, 3.05) is 12.8 Å². The Balaban J connectivity index is 2.86. The van der Waals surface area contributed by atoms with Crippen molar-refractivity contribution in [2.45, 2.75) is 12.8 Å². The molecule has 0 atom stereocenters. The molecule has 5 nitrogen and oxygen atoms in total. The van der Waals surface area contributed by atoms with Gasteiger partial charge in [-0.2, -0.15) is 0 Å². The quantitative estimate of drug-likeness (QED) is 0.371. The van der Waals surface area contributed by atoms with E-state index in [0.717, 1.165) is 0 Å².